The topological polar surface area (TPSA) is 56.9 Å². The Bertz CT molecular complexity index is 587. The third-order valence-electron chi connectivity index (χ3n) is 3.63. The van der Waals surface area contributed by atoms with Gasteiger partial charge in [0, 0.05) is 44.8 Å². The number of aliphatic hydroxyl groups excluding tert-OH is 1. The Labute approximate surface area is 126 Å². The maximum absolute atomic E-state index is 9.06. The van der Waals surface area contributed by atoms with Crippen molar-refractivity contribution in [3.8, 4) is 0 Å². The normalized spacial score (nSPS) is 17.6. The van der Waals surface area contributed by atoms with Crippen LogP contribution in [0.25, 0.3) is 5.65 Å². The lowest BCUT2D eigenvalue weighted by Crippen LogP contribution is -2.33. The Hall–Kier alpha value is -1.18. The van der Waals surface area contributed by atoms with Gasteiger partial charge in [-0.05, 0) is 28.9 Å². The minimum atomic E-state index is 0.222. The van der Waals surface area contributed by atoms with Crippen LogP contribution in [0.2, 0.25) is 0 Å². The van der Waals surface area contributed by atoms with Crippen molar-refractivity contribution in [1.29, 1.82) is 0 Å². The van der Waals surface area contributed by atoms with Gasteiger partial charge >= 0.3 is 0 Å². The van der Waals surface area contributed by atoms with Crippen LogP contribution in [-0.2, 0) is 0 Å². The largest absolute Gasteiger partial charge is 0.395 e. The van der Waals surface area contributed by atoms with E-state index in [1.165, 1.54) is 0 Å². The van der Waals surface area contributed by atoms with Crippen LogP contribution in [0.3, 0.4) is 0 Å². The third kappa shape index (κ3) is 2.79. The van der Waals surface area contributed by atoms with Crippen molar-refractivity contribution >= 4 is 27.4 Å². The van der Waals surface area contributed by atoms with E-state index in [0.29, 0.717) is 0 Å². The molecule has 3 heterocycles. The Balaban J connectivity index is 1.85. The number of halogens is 1. The van der Waals surface area contributed by atoms with Crippen molar-refractivity contribution in [3.05, 3.63) is 23.2 Å². The van der Waals surface area contributed by atoms with Crippen LogP contribution < -0.4 is 4.90 Å². The minimum Gasteiger partial charge on any atom is -0.395 e. The zero-order chi connectivity index (χ0) is 13.9. The number of hydrogen-bond donors (Lipinski definition) is 1. The molecular formula is C13H18BrN5O. The number of aromatic nitrogens is 3. The number of fused-ring (bicyclic) bond motifs is 1. The highest BCUT2D eigenvalue weighted by Crippen LogP contribution is 2.22. The van der Waals surface area contributed by atoms with Crippen LogP contribution in [0.1, 0.15) is 6.42 Å². The molecule has 3 rings (SSSR count). The van der Waals surface area contributed by atoms with E-state index in [2.05, 4.69) is 35.7 Å². The van der Waals surface area contributed by atoms with Gasteiger partial charge in [-0.25, -0.2) is 9.97 Å². The molecule has 108 valence electrons. The fourth-order valence-electron chi connectivity index (χ4n) is 2.65. The lowest BCUT2D eigenvalue weighted by Gasteiger charge is -2.22. The number of rotatable bonds is 3. The lowest BCUT2D eigenvalue weighted by atomic mass is 10.4. The maximum Gasteiger partial charge on any atom is 0.180 e. The second kappa shape index (κ2) is 6.07. The van der Waals surface area contributed by atoms with E-state index >= 15 is 0 Å². The first-order valence-corrected chi connectivity index (χ1v) is 7.64. The van der Waals surface area contributed by atoms with E-state index in [0.717, 1.165) is 55.2 Å². The molecule has 2 aromatic rings. The number of β-amino-alcohol motifs (C(OH)–C–C–N with tert-alkyl or cyclic N) is 1. The van der Waals surface area contributed by atoms with Gasteiger partial charge in [-0.2, -0.15) is 0 Å². The molecule has 20 heavy (non-hydrogen) atoms. The molecule has 0 atom stereocenters. The fraction of sp³-hybridized carbons (Fsp3) is 0.538. The summed E-state index contributed by atoms with van der Waals surface area (Å²) in [7, 11) is 0. The average molecular weight is 340 g/mol. The molecule has 2 aromatic heterocycles. The van der Waals surface area contributed by atoms with Gasteiger partial charge in [0.05, 0.1) is 6.61 Å². The van der Waals surface area contributed by atoms with Crippen LogP contribution in [-0.4, -0.2) is 63.7 Å². The molecule has 0 unspecified atom stereocenters. The number of anilines is 1. The number of imidazole rings is 1. The molecule has 0 spiro atoms. The molecule has 0 radical (unpaired) electrons. The molecule has 0 aliphatic carbocycles. The molecule has 0 saturated carbocycles. The third-order valence-corrected chi connectivity index (χ3v) is 4.01. The molecule has 7 heteroatoms. The predicted octanol–water partition coefficient (Wildman–Crippen LogP) is 0.996. The van der Waals surface area contributed by atoms with Gasteiger partial charge in [-0.15, -0.1) is 0 Å². The summed E-state index contributed by atoms with van der Waals surface area (Å²) in [6, 6.07) is 0. The SMILES string of the molecule is OCCN1CCCN(c2nc(Br)cn3ccnc23)CC1. The Morgan fingerprint density at radius 3 is 3.00 bits per heavy atom. The minimum absolute atomic E-state index is 0.222. The summed E-state index contributed by atoms with van der Waals surface area (Å²) in [4.78, 5) is 13.6. The number of nitrogens with zero attached hydrogens (tertiary/aromatic N) is 5. The van der Waals surface area contributed by atoms with E-state index in [9.17, 15) is 0 Å². The summed E-state index contributed by atoms with van der Waals surface area (Å²) < 4.78 is 2.80. The van der Waals surface area contributed by atoms with E-state index < -0.39 is 0 Å². The van der Waals surface area contributed by atoms with E-state index in [1.807, 2.05) is 16.8 Å². The van der Waals surface area contributed by atoms with Crippen molar-refractivity contribution < 1.29 is 5.11 Å². The molecule has 0 aromatic carbocycles. The predicted molar refractivity (Wildman–Crippen MR) is 81.0 cm³/mol. The van der Waals surface area contributed by atoms with E-state index in [4.69, 9.17) is 5.11 Å². The van der Waals surface area contributed by atoms with Gasteiger partial charge in [0.15, 0.2) is 11.5 Å². The summed E-state index contributed by atoms with van der Waals surface area (Å²) in [5.74, 6) is 0.926. The summed E-state index contributed by atoms with van der Waals surface area (Å²) in [6.45, 7) is 4.81. The highest BCUT2D eigenvalue weighted by Gasteiger charge is 2.19. The number of aliphatic hydroxyl groups is 1. The first-order valence-electron chi connectivity index (χ1n) is 6.85. The Kier molecular flexibility index (Phi) is 4.18. The van der Waals surface area contributed by atoms with Gasteiger partial charge in [0.25, 0.3) is 0 Å². The van der Waals surface area contributed by atoms with Crippen molar-refractivity contribution in [1.82, 2.24) is 19.3 Å². The van der Waals surface area contributed by atoms with Gasteiger partial charge in [-0.1, -0.05) is 0 Å². The van der Waals surface area contributed by atoms with Gasteiger partial charge in [-0.3, -0.25) is 4.90 Å². The summed E-state index contributed by atoms with van der Waals surface area (Å²) in [5, 5.41) is 9.06. The van der Waals surface area contributed by atoms with Crippen molar-refractivity contribution in [2.75, 3.05) is 44.2 Å². The summed E-state index contributed by atoms with van der Waals surface area (Å²) in [5.41, 5.74) is 0.892. The van der Waals surface area contributed by atoms with Crippen LogP contribution >= 0.6 is 15.9 Å². The highest BCUT2D eigenvalue weighted by atomic mass is 79.9. The van der Waals surface area contributed by atoms with Gasteiger partial charge in [0.2, 0.25) is 0 Å². The maximum atomic E-state index is 9.06. The zero-order valence-corrected chi connectivity index (χ0v) is 12.8. The van der Waals surface area contributed by atoms with Crippen molar-refractivity contribution in [2.24, 2.45) is 0 Å². The van der Waals surface area contributed by atoms with Crippen LogP contribution in [0.5, 0.6) is 0 Å². The lowest BCUT2D eigenvalue weighted by molar-refractivity contribution is 0.204. The number of hydrogen-bond acceptors (Lipinski definition) is 5. The van der Waals surface area contributed by atoms with Gasteiger partial charge in [0.1, 0.15) is 4.60 Å². The molecule has 1 saturated heterocycles. The quantitative estimate of drug-likeness (QED) is 0.903. The summed E-state index contributed by atoms with van der Waals surface area (Å²) in [6.07, 6.45) is 6.72. The molecule has 1 N–H and O–H groups in total. The van der Waals surface area contributed by atoms with E-state index in [1.54, 1.807) is 6.20 Å². The fourth-order valence-corrected chi connectivity index (χ4v) is 3.03. The van der Waals surface area contributed by atoms with Crippen molar-refractivity contribution in [3.63, 3.8) is 0 Å². The van der Waals surface area contributed by atoms with Gasteiger partial charge < -0.3 is 14.4 Å². The van der Waals surface area contributed by atoms with Crippen LogP contribution in [0.4, 0.5) is 5.82 Å². The van der Waals surface area contributed by atoms with Crippen LogP contribution in [0.15, 0.2) is 23.2 Å². The second-order valence-corrected chi connectivity index (χ2v) is 5.76. The second-order valence-electron chi connectivity index (χ2n) is 4.95. The monoisotopic (exact) mass is 339 g/mol. The first kappa shape index (κ1) is 13.8. The zero-order valence-electron chi connectivity index (χ0n) is 11.2. The van der Waals surface area contributed by atoms with E-state index in [-0.39, 0.29) is 6.61 Å². The Morgan fingerprint density at radius 1 is 1.25 bits per heavy atom. The molecule has 0 amide bonds. The van der Waals surface area contributed by atoms with Crippen LogP contribution in [0, 0.1) is 0 Å². The average Bonchev–Trinajstić information content (AvgIpc) is 2.77. The standard InChI is InChI=1S/C13H18BrN5O/c14-11-10-19-5-2-15-12(19)13(16-11)18-4-1-3-17(6-7-18)8-9-20/h2,5,10,20H,1,3-4,6-9H2. The smallest absolute Gasteiger partial charge is 0.180 e. The van der Waals surface area contributed by atoms with Crippen molar-refractivity contribution in [2.45, 2.75) is 6.42 Å². The molecule has 1 fully saturated rings. The first-order chi connectivity index (χ1) is 9.78. The molecule has 6 nitrogen and oxygen atoms in total. The molecular weight excluding hydrogens is 322 g/mol. The molecule has 1 aliphatic rings. The highest BCUT2D eigenvalue weighted by molar-refractivity contribution is 9.10. The molecule has 1 aliphatic heterocycles. The molecule has 0 bridgehead atoms. The summed E-state index contributed by atoms with van der Waals surface area (Å²) >= 11 is 3.46. The Morgan fingerprint density at radius 2 is 2.15 bits per heavy atom.